The summed E-state index contributed by atoms with van der Waals surface area (Å²) in [5, 5.41) is 0. The van der Waals surface area contributed by atoms with Gasteiger partial charge in [-0.2, -0.15) is 0 Å². The van der Waals surface area contributed by atoms with Crippen LogP contribution in [-0.4, -0.2) is 30.4 Å². The van der Waals surface area contributed by atoms with Crippen molar-refractivity contribution in [2.24, 2.45) is 0 Å². The minimum Gasteiger partial charge on any atom is -0.468 e. The lowest BCUT2D eigenvalue weighted by atomic mass is 9.97. The number of hydrogen-bond acceptors (Lipinski definition) is 3. The predicted molar refractivity (Wildman–Crippen MR) is 62.3 cm³/mol. The monoisotopic (exact) mass is 233 g/mol. The van der Waals surface area contributed by atoms with Gasteiger partial charge in [0.05, 0.1) is 13.5 Å². The van der Waals surface area contributed by atoms with Crippen LogP contribution in [0.1, 0.15) is 16.7 Å². The van der Waals surface area contributed by atoms with Crippen LogP contribution in [0.15, 0.2) is 18.2 Å². The first kappa shape index (κ1) is 11.6. The molecule has 1 aromatic rings. The van der Waals surface area contributed by atoms with Crippen molar-refractivity contribution in [3.63, 3.8) is 0 Å². The van der Waals surface area contributed by atoms with Crippen LogP contribution in [0.3, 0.4) is 0 Å². The fourth-order valence-corrected chi connectivity index (χ4v) is 2.01. The van der Waals surface area contributed by atoms with E-state index in [-0.39, 0.29) is 18.4 Å². The van der Waals surface area contributed by atoms with Crippen molar-refractivity contribution in [3.05, 3.63) is 34.9 Å². The number of benzene rings is 1. The summed E-state index contributed by atoms with van der Waals surface area (Å²) in [6, 6.07) is 6.06. The molecule has 0 spiro atoms. The molecule has 0 unspecified atom stereocenters. The number of amides is 1. The Hall–Kier alpha value is -1.84. The van der Waals surface area contributed by atoms with E-state index >= 15 is 0 Å². The van der Waals surface area contributed by atoms with Crippen LogP contribution in [-0.2, 0) is 27.3 Å². The molecule has 4 nitrogen and oxygen atoms in total. The van der Waals surface area contributed by atoms with Crippen molar-refractivity contribution in [1.29, 1.82) is 0 Å². The standard InChI is InChI=1S/C13H15NO3/c1-9-3-4-10-7-14(8-13(16)17-2)12(15)6-11(10)5-9/h3-5H,6-8H2,1-2H3. The van der Waals surface area contributed by atoms with Gasteiger partial charge in [0, 0.05) is 6.54 Å². The Morgan fingerprint density at radius 2 is 2.18 bits per heavy atom. The molecular formula is C13H15NO3. The average Bonchev–Trinajstić information content (AvgIpc) is 2.30. The molecule has 4 heteroatoms. The lowest BCUT2D eigenvalue weighted by molar-refractivity contribution is -0.147. The van der Waals surface area contributed by atoms with Crippen LogP contribution in [0.4, 0.5) is 0 Å². The van der Waals surface area contributed by atoms with Crippen molar-refractivity contribution in [1.82, 2.24) is 4.90 Å². The van der Waals surface area contributed by atoms with Gasteiger partial charge in [-0.3, -0.25) is 9.59 Å². The van der Waals surface area contributed by atoms with E-state index in [1.807, 2.05) is 25.1 Å². The van der Waals surface area contributed by atoms with Crippen molar-refractivity contribution in [2.75, 3.05) is 13.7 Å². The molecule has 0 N–H and O–H groups in total. The van der Waals surface area contributed by atoms with E-state index in [9.17, 15) is 9.59 Å². The van der Waals surface area contributed by atoms with Gasteiger partial charge in [0.15, 0.2) is 0 Å². The Kier molecular flexibility index (Phi) is 3.13. The zero-order valence-electron chi connectivity index (χ0n) is 10.0. The third kappa shape index (κ3) is 2.46. The zero-order chi connectivity index (χ0) is 12.4. The predicted octanol–water partition coefficient (Wildman–Crippen LogP) is 1.05. The first-order chi connectivity index (χ1) is 8.10. The van der Waals surface area contributed by atoms with Gasteiger partial charge in [-0.1, -0.05) is 23.8 Å². The highest BCUT2D eigenvalue weighted by atomic mass is 16.5. The van der Waals surface area contributed by atoms with Crippen molar-refractivity contribution >= 4 is 11.9 Å². The molecule has 2 rings (SSSR count). The second kappa shape index (κ2) is 4.57. The smallest absolute Gasteiger partial charge is 0.325 e. The molecule has 0 atom stereocenters. The molecular weight excluding hydrogens is 218 g/mol. The van der Waals surface area contributed by atoms with E-state index in [1.165, 1.54) is 12.0 Å². The fraction of sp³-hybridized carbons (Fsp3) is 0.385. The molecule has 0 aromatic heterocycles. The summed E-state index contributed by atoms with van der Waals surface area (Å²) in [5.74, 6) is -0.401. The molecule has 1 heterocycles. The lowest BCUT2D eigenvalue weighted by Gasteiger charge is -2.27. The molecule has 0 saturated heterocycles. The Labute approximate surface area is 100 Å². The van der Waals surface area contributed by atoms with E-state index in [4.69, 9.17) is 0 Å². The Morgan fingerprint density at radius 3 is 2.88 bits per heavy atom. The third-order valence-corrected chi connectivity index (χ3v) is 2.96. The van der Waals surface area contributed by atoms with Crippen LogP contribution in [0.25, 0.3) is 0 Å². The highest BCUT2D eigenvalue weighted by molar-refractivity contribution is 5.85. The van der Waals surface area contributed by atoms with Gasteiger partial charge in [-0.15, -0.1) is 0 Å². The van der Waals surface area contributed by atoms with Gasteiger partial charge in [0.2, 0.25) is 5.91 Å². The molecule has 1 amide bonds. The van der Waals surface area contributed by atoms with Crippen LogP contribution in [0.2, 0.25) is 0 Å². The lowest BCUT2D eigenvalue weighted by Crippen LogP contribution is -2.39. The van der Waals surface area contributed by atoms with Crippen molar-refractivity contribution < 1.29 is 14.3 Å². The Balaban J connectivity index is 2.18. The summed E-state index contributed by atoms with van der Waals surface area (Å²) in [6.45, 7) is 2.53. The number of esters is 1. The molecule has 0 radical (unpaired) electrons. The van der Waals surface area contributed by atoms with E-state index in [0.717, 1.165) is 16.7 Å². The van der Waals surface area contributed by atoms with Gasteiger partial charge < -0.3 is 9.64 Å². The van der Waals surface area contributed by atoms with Crippen LogP contribution in [0, 0.1) is 6.92 Å². The molecule has 0 saturated carbocycles. The normalized spacial score (nSPS) is 14.5. The summed E-state index contributed by atoms with van der Waals surface area (Å²) < 4.78 is 4.58. The maximum Gasteiger partial charge on any atom is 0.325 e. The summed E-state index contributed by atoms with van der Waals surface area (Å²) in [4.78, 5) is 24.5. The van der Waals surface area contributed by atoms with Gasteiger partial charge in [-0.25, -0.2) is 0 Å². The molecule has 0 aliphatic carbocycles. The number of methoxy groups -OCH3 is 1. The zero-order valence-corrected chi connectivity index (χ0v) is 10.0. The topological polar surface area (TPSA) is 46.6 Å². The largest absolute Gasteiger partial charge is 0.468 e. The molecule has 0 bridgehead atoms. The summed E-state index contributed by atoms with van der Waals surface area (Å²) in [5.41, 5.74) is 3.33. The van der Waals surface area contributed by atoms with E-state index < -0.39 is 0 Å². The SMILES string of the molecule is COC(=O)CN1Cc2ccc(C)cc2CC1=O. The number of aryl methyl sites for hydroxylation is 1. The van der Waals surface area contributed by atoms with Crippen molar-refractivity contribution in [3.8, 4) is 0 Å². The van der Waals surface area contributed by atoms with E-state index in [1.54, 1.807) is 0 Å². The average molecular weight is 233 g/mol. The summed E-state index contributed by atoms with van der Waals surface area (Å²) >= 11 is 0. The summed E-state index contributed by atoms with van der Waals surface area (Å²) in [7, 11) is 1.33. The first-order valence-corrected chi connectivity index (χ1v) is 5.53. The molecule has 1 aliphatic heterocycles. The molecule has 0 fully saturated rings. The highest BCUT2D eigenvalue weighted by Gasteiger charge is 2.24. The molecule has 1 aliphatic rings. The number of carbonyl (C=O) groups is 2. The van der Waals surface area contributed by atoms with Crippen LogP contribution in [0.5, 0.6) is 0 Å². The second-order valence-corrected chi connectivity index (χ2v) is 4.27. The second-order valence-electron chi connectivity index (χ2n) is 4.27. The summed E-state index contributed by atoms with van der Waals surface area (Å²) in [6.07, 6.45) is 0.369. The Bertz CT molecular complexity index is 468. The van der Waals surface area contributed by atoms with Crippen LogP contribution < -0.4 is 0 Å². The number of rotatable bonds is 2. The quantitative estimate of drug-likeness (QED) is 0.717. The Morgan fingerprint density at radius 1 is 1.41 bits per heavy atom. The number of hydrogen-bond donors (Lipinski definition) is 0. The minimum absolute atomic E-state index is 0.0199. The third-order valence-electron chi connectivity index (χ3n) is 2.96. The highest BCUT2D eigenvalue weighted by Crippen LogP contribution is 2.20. The van der Waals surface area contributed by atoms with Crippen molar-refractivity contribution in [2.45, 2.75) is 19.9 Å². The van der Waals surface area contributed by atoms with E-state index in [0.29, 0.717) is 13.0 Å². The molecule has 17 heavy (non-hydrogen) atoms. The van der Waals surface area contributed by atoms with Gasteiger partial charge in [0.25, 0.3) is 0 Å². The fourth-order valence-electron chi connectivity index (χ4n) is 2.01. The number of ether oxygens (including phenoxy) is 1. The molecule has 90 valence electrons. The maximum atomic E-state index is 11.8. The minimum atomic E-state index is -0.381. The number of nitrogens with zero attached hydrogens (tertiary/aromatic N) is 1. The molecule has 1 aromatic carbocycles. The van der Waals surface area contributed by atoms with Crippen LogP contribution >= 0.6 is 0 Å². The number of carbonyl (C=O) groups excluding carboxylic acids is 2. The maximum absolute atomic E-state index is 11.8. The van der Waals surface area contributed by atoms with Gasteiger partial charge in [0.1, 0.15) is 6.54 Å². The first-order valence-electron chi connectivity index (χ1n) is 5.53. The van der Waals surface area contributed by atoms with Gasteiger partial charge >= 0.3 is 5.97 Å². The van der Waals surface area contributed by atoms with Gasteiger partial charge in [-0.05, 0) is 18.1 Å². The number of fused-ring (bicyclic) bond motifs is 1. The van der Waals surface area contributed by atoms with E-state index in [2.05, 4.69) is 4.74 Å².